The van der Waals surface area contributed by atoms with Gasteiger partial charge in [0.25, 0.3) is 0 Å². The van der Waals surface area contributed by atoms with Crippen LogP contribution in [0.1, 0.15) is 31.2 Å². The van der Waals surface area contributed by atoms with Gasteiger partial charge in [0.1, 0.15) is 11.6 Å². The highest BCUT2D eigenvalue weighted by atomic mass is 32.2. The van der Waals surface area contributed by atoms with Crippen LogP contribution in [0.3, 0.4) is 0 Å². The van der Waals surface area contributed by atoms with E-state index in [2.05, 4.69) is 0 Å². The predicted molar refractivity (Wildman–Crippen MR) is 68.6 cm³/mol. The Hall–Kier alpha value is -0.610. The molecule has 1 aromatic rings. The van der Waals surface area contributed by atoms with Crippen LogP contribution in [0.4, 0.5) is 8.78 Å². The SMILES string of the molecule is OC1(Cc2cc(F)ccc2F)CC2CCC(C1)S2. The highest BCUT2D eigenvalue weighted by Crippen LogP contribution is 2.48. The monoisotopic (exact) mass is 270 g/mol. The largest absolute Gasteiger partial charge is 0.389 e. The van der Waals surface area contributed by atoms with Gasteiger partial charge in [-0.25, -0.2) is 8.78 Å². The quantitative estimate of drug-likeness (QED) is 0.890. The average Bonchev–Trinajstić information content (AvgIpc) is 2.64. The molecule has 2 bridgehead atoms. The van der Waals surface area contributed by atoms with Crippen molar-refractivity contribution in [2.24, 2.45) is 0 Å². The molecule has 2 saturated heterocycles. The fraction of sp³-hybridized carbons (Fsp3) is 0.571. The molecule has 0 amide bonds. The van der Waals surface area contributed by atoms with Crippen LogP contribution < -0.4 is 0 Å². The molecule has 1 N–H and O–H groups in total. The van der Waals surface area contributed by atoms with Gasteiger partial charge in [0.05, 0.1) is 5.60 Å². The highest BCUT2D eigenvalue weighted by Gasteiger charge is 2.43. The van der Waals surface area contributed by atoms with Crippen LogP contribution in [-0.4, -0.2) is 21.2 Å². The Morgan fingerprint density at radius 2 is 1.89 bits per heavy atom. The lowest BCUT2D eigenvalue weighted by Gasteiger charge is -2.36. The number of aliphatic hydroxyl groups is 1. The van der Waals surface area contributed by atoms with Crippen molar-refractivity contribution in [1.29, 1.82) is 0 Å². The first kappa shape index (κ1) is 12.4. The van der Waals surface area contributed by atoms with Crippen LogP contribution >= 0.6 is 11.8 Å². The Labute approximate surface area is 110 Å². The molecule has 3 rings (SSSR count). The van der Waals surface area contributed by atoms with Gasteiger partial charge in [0.15, 0.2) is 0 Å². The van der Waals surface area contributed by atoms with E-state index in [1.165, 1.54) is 6.07 Å². The highest BCUT2D eigenvalue weighted by molar-refractivity contribution is 8.00. The summed E-state index contributed by atoms with van der Waals surface area (Å²) in [6, 6.07) is 3.46. The van der Waals surface area contributed by atoms with Gasteiger partial charge in [-0.05, 0) is 49.4 Å². The van der Waals surface area contributed by atoms with E-state index < -0.39 is 17.2 Å². The van der Waals surface area contributed by atoms with E-state index in [4.69, 9.17) is 0 Å². The van der Waals surface area contributed by atoms with E-state index in [-0.39, 0.29) is 6.42 Å². The lowest BCUT2D eigenvalue weighted by atomic mass is 9.86. The topological polar surface area (TPSA) is 20.2 Å². The van der Waals surface area contributed by atoms with Crippen LogP contribution in [0.5, 0.6) is 0 Å². The van der Waals surface area contributed by atoms with Crippen LogP contribution in [0.15, 0.2) is 18.2 Å². The Morgan fingerprint density at radius 1 is 1.22 bits per heavy atom. The van der Waals surface area contributed by atoms with E-state index in [0.29, 0.717) is 28.9 Å². The Morgan fingerprint density at radius 3 is 2.56 bits per heavy atom. The number of benzene rings is 1. The summed E-state index contributed by atoms with van der Waals surface area (Å²) >= 11 is 1.94. The van der Waals surface area contributed by atoms with Crippen LogP contribution in [0.25, 0.3) is 0 Å². The molecule has 2 heterocycles. The molecule has 0 aliphatic carbocycles. The van der Waals surface area contributed by atoms with Crippen LogP contribution in [0.2, 0.25) is 0 Å². The summed E-state index contributed by atoms with van der Waals surface area (Å²) in [5, 5.41) is 11.6. The maximum absolute atomic E-state index is 13.6. The first-order valence-corrected chi connectivity index (χ1v) is 7.30. The van der Waals surface area contributed by atoms with Gasteiger partial charge in [-0.1, -0.05) is 0 Å². The standard InChI is InChI=1S/C14H16F2OS/c15-10-1-4-13(16)9(5-10)6-14(17)7-11-2-3-12(8-14)18-11/h1,4-5,11-12,17H,2-3,6-8H2. The Kier molecular flexibility index (Phi) is 3.10. The fourth-order valence-corrected chi connectivity index (χ4v) is 5.09. The van der Waals surface area contributed by atoms with Gasteiger partial charge in [-0.2, -0.15) is 11.8 Å². The molecule has 2 aliphatic rings. The lowest BCUT2D eigenvalue weighted by Crippen LogP contribution is -2.39. The molecule has 0 radical (unpaired) electrons. The molecule has 2 atom stereocenters. The third kappa shape index (κ3) is 2.41. The van der Waals surface area contributed by atoms with Crippen molar-refractivity contribution in [3.8, 4) is 0 Å². The molecule has 2 aliphatic heterocycles. The minimum atomic E-state index is -0.855. The van der Waals surface area contributed by atoms with Gasteiger partial charge in [-0.15, -0.1) is 0 Å². The smallest absolute Gasteiger partial charge is 0.126 e. The van der Waals surface area contributed by atoms with Gasteiger partial charge < -0.3 is 5.11 Å². The van der Waals surface area contributed by atoms with Crippen molar-refractivity contribution in [3.63, 3.8) is 0 Å². The third-order valence-corrected chi connectivity index (χ3v) is 5.51. The summed E-state index contributed by atoms with van der Waals surface area (Å²) < 4.78 is 26.8. The molecule has 18 heavy (non-hydrogen) atoms. The minimum absolute atomic E-state index is 0.226. The van der Waals surface area contributed by atoms with Crippen molar-refractivity contribution in [3.05, 3.63) is 35.4 Å². The van der Waals surface area contributed by atoms with Crippen LogP contribution in [0, 0.1) is 11.6 Å². The summed E-state index contributed by atoms with van der Waals surface area (Å²) in [5.41, 5.74) is -0.560. The van der Waals surface area contributed by atoms with Gasteiger partial charge in [-0.3, -0.25) is 0 Å². The molecule has 0 saturated carbocycles. The summed E-state index contributed by atoms with van der Waals surface area (Å²) in [7, 11) is 0. The van der Waals surface area contributed by atoms with Crippen molar-refractivity contribution in [1.82, 2.24) is 0 Å². The lowest BCUT2D eigenvalue weighted by molar-refractivity contribution is 0.0234. The fourth-order valence-electron chi connectivity index (χ4n) is 3.19. The van der Waals surface area contributed by atoms with Crippen molar-refractivity contribution < 1.29 is 13.9 Å². The molecule has 0 aromatic heterocycles. The normalized spacial score (nSPS) is 34.8. The van der Waals surface area contributed by atoms with Gasteiger partial charge in [0.2, 0.25) is 0 Å². The molecule has 2 fully saturated rings. The molecule has 0 spiro atoms. The van der Waals surface area contributed by atoms with E-state index in [0.717, 1.165) is 25.0 Å². The number of fused-ring (bicyclic) bond motifs is 2. The number of rotatable bonds is 2. The number of halogens is 2. The van der Waals surface area contributed by atoms with E-state index in [1.54, 1.807) is 0 Å². The first-order valence-electron chi connectivity index (χ1n) is 6.36. The molecular formula is C14H16F2OS. The number of thioether (sulfide) groups is 1. The Balaban J connectivity index is 1.81. The zero-order chi connectivity index (χ0) is 12.8. The summed E-state index contributed by atoms with van der Waals surface area (Å²) in [6.07, 6.45) is 3.91. The predicted octanol–water partition coefficient (Wildman–Crippen LogP) is 3.30. The Bertz CT molecular complexity index is 451. The van der Waals surface area contributed by atoms with Crippen LogP contribution in [-0.2, 0) is 6.42 Å². The second-order valence-corrected chi connectivity index (χ2v) is 7.11. The number of hydrogen-bond donors (Lipinski definition) is 1. The van der Waals surface area contributed by atoms with E-state index in [1.807, 2.05) is 11.8 Å². The molecule has 1 aromatic carbocycles. The van der Waals surface area contributed by atoms with E-state index in [9.17, 15) is 13.9 Å². The summed E-state index contributed by atoms with van der Waals surface area (Å²) in [5.74, 6) is -0.862. The molecule has 2 unspecified atom stereocenters. The molecule has 4 heteroatoms. The zero-order valence-electron chi connectivity index (χ0n) is 10.0. The summed E-state index contributed by atoms with van der Waals surface area (Å²) in [6.45, 7) is 0. The van der Waals surface area contributed by atoms with Gasteiger partial charge in [0, 0.05) is 16.9 Å². The molecule has 98 valence electrons. The maximum Gasteiger partial charge on any atom is 0.126 e. The van der Waals surface area contributed by atoms with E-state index >= 15 is 0 Å². The summed E-state index contributed by atoms with van der Waals surface area (Å²) in [4.78, 5) is 0. The second kappa shape index (κ2) is 4.49. The number of hydrogen-bond acceptors (Lipinski definition) is 2. The average molecular weight is 270 g/mol. The molecule has 1 nitrogen and oxygen atoms in total. The van der Waals surface area contributed by atoms with Crippen molar-refractivity contribution in [2.45, 2.75) is 48.2 Å². The molecular weight excluding hydrogens is 254 g/mol. The second-order valence-electron chi connectivity index (χ2n) is 5.50. The first-order chi connectivity index (χ1) is 8.54. The third-order valence-electron chi connectivity index (χ3n) is 3.94. The van der Waals surface area contributed by atoms with Gasteiger partial charge >= 0.3 is 0 Å². The van der Waals surface area contributed by atoms with Crippen molar-refractivity contribution in [2.75, 3.05) is 0 Å². The minimum Gasteiger partial charge on any atom is -0.389 e. The zero-order valence-corrected chi connectivity index (χ0v) is 10.9. The van der Waals surface area contributed by atoms with Crippen molar-refractivity contribution >= 4 is 11.8 Å². The maximum atomic E-state index is 13.6.